The van der Waals surface area contributed by atoms with Gasteiger partial charge in [0, 0.05) is 32.0 Å². The fourth-order valence-electron chi connectivity index (χ4n) is 4.85. The summed E-state index contributed by atoms with van der Waals surface area (Å²) in [6.45, 7) is 0.00324. The molecule has 208 valence electrons. The largest absolute Gasteiger partial charge is 0.364 e. The maximum Gasteiger partial charge on any atom is 0.269 e. The summed E-state index contributed by atoms with van der Waals surface area (Å²) < 4.78 is 16.8. The minimum atomic E-state index is -0.862. The van der Waals surface area contributed by atoms with Crippen molar-refractivity contribution in [1.29, 1.82) is 0 Å². The van der Waals surface area contributed by atoms with Crippen LogP contribution in [0.15, 0.2) is 65.7 Å². The molecule has 1 saturated heterocycles. The van der Waals surface area contributed by atoms with E-state index < -0.39 is 29.6 Å². The Bertz CT molecular complexity index is 1750. The zero-order chi connectivity index (χ0) is 29.3. The summed E-state index contributed by atoms with van der Waals surface area (Å²) >= 11 is 8.42. The van der Waals surface area contributed by atoms with Gasteiger partial charge in [-0.1, -0.05) is 64.5 Å². The molecule has 2 heterocycles. The fraction of sp³-hybridized carbons (Fsp3) is 0.179. The minimum Gasteiger partial charge on any atom is -0.364 e. The highest BCUT2D eigenvalue weighted by Crippen LogP contribution is 2.33. The third kappa shape index (κ3) is 5.71. The van der Waals surface area contributed by atoms with Crippen molar-refractivity contribution >= 4 is 80.3 Å². The molecule has 5 rings (SSSR count). The van der Waals surface area contributed by atoms with Crippen molar-refractivity contribution in [2.45, 2.75) is 22.9 Å². The van der Waals surface area contributed by atoms with Crippen molar-refractivity contribution in [3.05, 3.63) is 77.2 Å². The van der Waals surface area contributed by atoms with Crippen LogP contribution in [0.4, 0.5) is 15.8 Å². The molecule has 0 saturated carbocycles. The number of alkyl halides is 1. The van der Waals surface area contributed by atoms with Crippen LogP contribution in [0.5, 0.6) is 0 Å². The van der Waals surface area contributed by atoms with Crippen molar-refractivity contribution < 1.29 is 23.6 Å². The van der Waals surface area contributed by atoms with Crippen LogP contribution in [0, 0.1) is 5.82 Å². The van der Waals surface area contributed by atoms with Gasteiger partial charge in [0.05, 0.1) is 16.9 Å². The van der Waals surface area contributed by atoms with Crippen molar-refractivity contribution in [1.82, 2.24) is 14.7 Å². The summed E-state index contributed by atoms with van der Waals surface area (Å²) in [6.07, 6.45) is 1.79. The van der Waals surface area contributed by atoms with Crippen molar-refractivity contribution in [2.24, 2.45) is 10.7 Å². The number of carbonyl (C=O) groups excluding carboxylic acids is 4. The topological polar surface area (TPSA) is 140 Å². The van der Waals surface area contributed by atoms with Crippen LogP contribution in [0.1, 0.15) is 16.9 Å². The Hall–Kier alpha value is -4.13. The van der Waals surface area contributed by atoms with E-state index >= 15 is 4.39 Å². The van der Waals surface area contributed by atoms with E-state index in [1.165, 1.54) is 33.9 Å². The second-order valence-corrected chi connectivity index (χ2v) is 11.5. The second-order valence-electron chi connectivity index (χ2n) is 9.31. The highest BCUT2D eigenvalue weighted by Gasteiger charge is 2.39. The Kier molecular flexibility index (Phi) is 8.15. The standard InChI is InChI=1S/C28H21ClFIN6O4/c29-20-6-2-1-4-17(20)18-5-3-7-21(25(18)30)34-28(41)23-10-15(31)12-36(23)24(39)13-37-22-9-8-16(33-14-38)11-19(22)26(35-37)27(32)40/h1-9,11,15,23H,10,12-13H2,(H2,32,40)(H,34,41)/t15-,23+/m1/s1. The number of amides is 3. The number of nitrogens with one attached hydrogen (secondary N) is 1. The van der Waals surface area contributed by atoms with Gasteiger partial charge >= 0.3 is 0 Å². The Morgan fingerprint density at radius 2 is 1.90 bits per heavy atom. The molecule has 0 unspecified atom stereocenters. The third-order valence-corrected chi connectivity index (χ3v) is 7.95. The summed E-state index contributed by atoms with van der Waals surface area (Å²) in [5, 5.41) is 7.53. The lowest BCUT2D eigenvalue weighted by Gasteiger charge is -2.24. The van der Waals surface area contributed by atoms with Crippen LogP contribution in [0.2, 0.25) is 5.02 Å². The molecule has 10 nitrogen and oxygen atoms in total. The van der Waals surface area contributed by atoms with Crippen LogP contribution in [0.3, 0.4) is 0 Å². The average Bonchev–Trinajstić information content (AvgIpc) is 3.51. The van der Waals surface area contributed by atoms with Gasteiger partial charge in [-0.2, -0.15) is 10.1 Å². The number of hydrogen-bond acceptors (Lipinski definition) is 6. The third-order valence-electron chi connectivity index (χ3n) is 6.72. The van der Waals surface area contributed by atoms with E-state index in [4.69, 9.17) is 17.3 Å². The summed E-state index contributed by atoms with van der Waals surface area (Å²) in [5.74, 6) is -2.42. The van der Waals surface area contributed by atoms with E-state index in [9.17, 15) is 19.2 Å². The van der Waals surface area contributed by atoms with Gasteiger partial charge in [0.15, 0.2) is 11.5 Å². The van der Waals surface area contributed by atoms with E-state index in [0.717, 1.165) is 0 Å². The number of halogens is 3. The Labute approximate surface area is 251 Å². The molecule has 0 radical (unpaired) electrons. The van der Waals surface area contributed by atoms with Crippen LogP contribution in [0.25, 0.3) is 22.0 Å². The monoisotopic (exact) mass is 686 g/mol. The van der Waals surface area contributed by atoms with Crippen LogP contribution >= 0.6 is 34.2 Å². The molecule has 13 heteroatoms. The second kappa shape index (κ2) is 11.8. The molecule has 1 aliphatic rings. The first kappa shape index (κ1) is 28.4. The number of aromatic nitrogens is 2. The molecule has 3 aromatic carbocycles. The predicted molar refractivity (Wildman–Crippen MR) is 159 cm³/mol. The van der Waals surface area contributed by atoms with Gasteiger partial charge in [-0.3, -0.25) is 19.1 Å². The van der Waals surface area contributed by atoms with E-state index in [1.807, 2.05) is 0 Å². The molecule has 3 N–H and O–H groups in total. The molecular weight excluding hydrogens is 666 g/mol. The number of hydrogen-bond donors (Lipinski definition) is 2. The summed E-state index contributed by atoms with van der Waals surface area (Å²) in [4.78, 5) is 54.5. The quantitative estimate of drug-likeness (QED) is 0.127. The summed E-state index contributed by atoms with van der Waals surface area (Å²) in [6, 6.07) is 15.1. The van der Waals surface area contributed by atoms with E-state index in [2.05, 4.69) is 38.0 Å². The first-order valence-corrected chi connectivity index (χ1v) is 14.0. The Morgan fingerprint density at radius 1 is 1.15 bits per heavy atom. The summed E-state index contributed by atoms with van der Waals surface area (Å²) in [5.41, 5.74) is 6.74. The molecule has 1 aromatic heterocycles. The van der Waals surface area contributed by atoms with Crippen molar-refractivity contribution in [3.8, 4) is 11.1 Å². The van der Waals surface area contributed by atoms with Gasteiger partial charge in [0.25, 0.3) is 5.91 Å². The lowest BCUT2D eigenvalue weighted by Crippen LogP contribution is -2.44. The van der Waals surface area contributed by atoms with E-state index in [1.54, 1.807) is 42.5 Å². The van der Waals surface area contributed by atoms with E-state index in [0.29, 0.717) is 34.5 Å². The lowest BCUT2D eigenvalue weighted by atomic mass is 10.0. The van der Waals surface area contributed by atoms with Gasteiger partial charge in [0.2, 0.25) is 17.9 Å². The zero-order valence-corrected chi connectivity index (χ0v) is 24.1. The maximum absolute atomic E-state index is 15.5. The molecule has 4 aromatic rings. The molecule has 0 spiro atoms. The summed E-state index contributed by atoms with van der Waals surface area (Å²) in [7, 11) is 0. The molecule has 0 aliphatic carbocycles. The van der Waals surface area contributed by atoms with Crippen LogP contribution < -0.4 is 11.1 Å². The average molecular weight is 687 g/mol. The Balaban J connectivity index is 1.39. The number of rotatable bonds is 7. The van der Waals surface area contributed by atoms with Crippen molar-refractivity contribution in [3.63, 3.8) is 0 Å². The number of benzene rings is 3. The van der Waals surface area contributed by atoms with Gasteiger partial charge in [0.1, 0.15) is 12.6 Å². The van der Waals surface area contributed by atoms with Crippen molar-refractivity contribution in [2.75, 3.05) is 11.9 Å². The first-order valence-electron chi connectivity index (χ1n) is 12.3. The SMILES string of the molecule is NC(=O)c1nn(CC(=O)N2C[C@H](I)C[C@H]2C(=O)Nc2cccc(-c3ccccc3Cl)c2F)c2ccc(N=C=O)cc12. The van der Waals surface area contributed by atoms with Gasteiger partial charge < -0.3 is 16.0 Å². The van der Waals surface area contributed by atoms with Crippen LogP contribution in [-0.2, 0) is 20.9 Å². The molecule has 1 fully saturated rings. The van der Waals surface area contributed by atoms with Gasteiger partial charge in [-0.05, 0) is 36.8 Å². The Morgan fingerprint density at radius 3 is 2.63 bits per heavy atom. The maximum atomic E-state index is 15.5. The fourth-order valence-corrected chi connectivity index (χ4v) is 6.00. The number of primary amides is 1. The number of anilines is 1. The number of carbonyl (C=O) groups is 3. The molecule has 1 aliphatic heterocycles. The molecular formula is C28H21ClFIN6O4. The van der Waals surface area contributed by atoms with Gasteiger partial charge in [-0.25, -0.2) is 9.18 Å². The van der Waals surface area contributed by atoms with Crippen LogP contribution in [-0.4, -0.2) is 55.0 Å². The molecule has 3 amide bonds. The number of fused-ring (bicyclic) bond motifs is 1. The minimum absolute atomic E-state index is 0.0223. The number of aliphatic imine (C=N–C) groups is 1. The molecule has 2 atom stereocenters. The normalized spacial score (nSPS) is 16.4. The number of nitrogens with zero attached hydrogens (tertiary/aromatic N) is 4. The number of likely N-dealkylation sites (tertiary alicyclic amines) is 1. The molecule has 0 bridgehead atoms. The lowest BCUT2D eigenvalue weighted by molar-refractivity contribution is -0.137. The highest BCUT2D eigenvalue weighted by molar-refractivity contribution is 14.1. The number of nitrogens with two attached hydrogens (primary N) is 1. The highest BCUT2D eigenvalue weighted by atomic mass is 127. The first-order chi connectivity index (χ1) is 19.7. The van der Waals surface area contributed by atoms with E-state index in [-0.39, 0.29) is 33.1 Å². The van der Waals surface area contributed by atoms with Gasteiger partial charge in [-0.15, -0.1) is 0 Å². The predicted octanol–water partition coefficient (Wildman–Crippen LogP) is 4.61. The zero-order valence-electron chi connectivity index (χ0n) is 21.2. The molecule has 41 heavy (non-hydrogen) atoms. The number of isocyanates is 1. The smallest absolute Gasteiger partial charge is 0.269 e.